The molecule has 0 aliphatic rings. The first kappa shape index (κ1) is 14.3. The van der Waals surface area contributed by atoms with Gasteiger partial charge in [0.1, 0.15) is 4.90 Å². The largest absolute Gasteiger partial charge is 0.377 e. The van der Waals surface area contributed by atoms with Crippen LogP contribution in [-0.2, 0) is 14.3 Å². The van der Waals surface area contributed by atoms with Crippen LogP contribution in [0.1, 0.15) is 10.4 Å². The number of hydrogen-bond donors (Lipinski definition) is 0. The maximum Gasteiger partial charge on any atom is 0.339 e. The van der Waals surface area contributed by atoms with Crippen LogP contribution in [0.4, 0.5) is 0 Å². The number of nitriles is 1. The van der Waals surface area contributed by atoms with Gasteiger partial charge in [-0.2, -0.15) is 13.7 Å². The van der Waals surface area contributed by atoms with Crippen molar-refractivity contribution < 1.29 is 12.6 Å². The summed E-state index contributed by atoms with van der Waals surface area (Å²) in [6, 6.07) is 11.6. The van der Waals surface area contributed by atoms with Crippen molar-refractivity contribution in [2.24, 2.45) is 0 Å². The van der Waals surface area contributed by atoms with Crippen molar-refractivity contribution in [2.45, 2.75) is 11.8 Å². The molecule has 0 aliphatic carbocycles. The van der Waals surface area contributed by atoms with Crippen LogP contribution in [0.15, 0.2) is 52.7 Å². The van der Waals surface area contributed by atoms with Crippen molar-refractivity contribution >= 4 is 27.2 Å². The second-order valence-corrected chi connectivity index (χ2v) is 6.46. The highest BCUT2D eigenvalue weighted by atomic mass is 32.2. The lowest BCUT2D eigenvalue weighted by molar-refractivity contribution is 0.464. The average Bonchev–Trinajstić information content (AvgIpc) is 2.92. The van der Waals surface area contributed by atoms with E-state index in [1.807, 2.05) is 6.92 Å². The van der Waals surface area contributed by atoms with Crippen LogP contribution in [-0.4, -0.2) is 8.42 Å². The van der Waals surface area contributed by atoms with Gasteiger partial charge in [-0.05, 0) is 30.5 Å². The average molecular weight is 305 g/mol. The summed E-state index contributed by atoms with van der Waals surface area (Å²) in [7, 11) is -3.94. The number of allylic oxidation sites excluding steroid dienone is 1. The fourth-order valence-corrected chi connectivity index (χ4v) is 3.16. The van der Waals surface area contributed by atoms with Gasteiger partial charge < -0.3 is 4.18 Å². The molecule has 0 bridgehead atoms. The molecule has 0 fully saturated rings. The summed E-state index contributed by atoms with van der Waals surface area (Å²) in [5.74, 6) is 0.0306. The quantitative estimate of drug-likeness (QED) is 0.493. The van der Waals surface area contributed by atoms with Gasteiger partial charge >= 0.3 is 10.1 Å². The Morgan fingerprint density at radius 2 is 2.00 bits per heavy atom. The van der Waals surface area contributed by atoms with Gasteiger partial charge in [0.25, 0.3) is 0 Å². The minimum absolute atomic E-state index is 0.0306. The first-order valence-electron chi connectivity index (χ1n) is 5.68. The van der Waals surface area contributed by atoms with Crippen LogP contribution >= 0.6 is 11.3 Å². The summed E-state index contributed by atoms with van der Waals surface area (Å²) in [4.78, 5) is 0.644. The van der Waals surface area contributed by atoms with Gasteiger partial charge in [0.05, 0.1) is 17.0 Å². The lowest BCUT2D eigenvalue weighted by atomic mass is 10.2. The summed E-state index contributed by atoms with van der Waals surface area (Å²) >= 11 is 1.30. The number of rotatable bonds is 4. The van der Waals surface area contributed by atoms with Crippen molar-refractivity contribution in [3.8, 4) is 6.07 Å². The second-order valence-electron chi connectivity index (χ2n) is 3.97. The van der Waals surface area contributed by atoms with Crippen LogP contribution in [0, 0.1) is 18.3 Å². The Hall–Kier alpha value is -2.10. The molecule has 2 aromatic rings. The molecular formula is C14H11NO3S2. The topological polar surface area (TPSA) is 67.2 Å². The molecule has 0 saturated carbocycles. The molecule has 1 aromatic carbocycles. The number of aryl methyl sites for hydroxylation is 1. The monoisotopic (exact) mass is 305 g/mol. The van der Waals surface area contributed by atoms with Gasteiger partial charge in [-0.25, -0.2) is 0 Å². The Balaban J connectivity index is 2.34. The fraction of sp³-hybridized carbons (Fsp3) is 0.0714. The summed E-state index contributed by atoms with van der Waals surface area (Å²) in [6.07, 6.45) is 1.08. The van der Waals surface area contributed by atoms with Crippen molar-refractivity contribution in [1.82, 2.24) is 0 Å². The Morgan fingerprint density at radius 3 is 2.55 bits per heavy atom. The zero-order valence-corrected chi connectivity index (χ0v) is 12.2. The Kier molecular flexibility index (Phi) is 4.23. The predicted octanol–water partition coefficient (Wildman–Crippen LogP) is 3.33. The molecule has 0 spiro atoms. The van der Waals surface area contributed by atoms with E-state index < -0.39 is 10.1 Å². The number of thiophene rings is 1. The van der Waals surface area contributed by atoms with Crippen LogP contribution in [0.5, 0.6) is 0 Å². The van der Waals surface area contributed by atoms with Gasteiger partial charge in [0.2, 0.25) is 0 Å². The maximum absolute atomic E-state index is 12.2. The fourth-order valence-electron chi connectivity index (χ4n) is 1.48. The van der Waals surface area contributed by atoms with Gasteiger partial charge in [-0.1, -0.05) is 23.8 Å². The van der Waals surface area contributed by atoms with Crippen molar-refractivity contribution in [2.75, 3.05) is 0 Å². The molecule has 1 heterocycles. The van der Waals surface area contributed by atoms with E-state index in [4.69, 9.17) is 9.44 Å². The minimum atomic E-state index is -3.94. The Labute approximate surface area is 121 Å². The highest BCUT2D eigenvalue weighted by molar-refractivity contribution is 7.87. The molecule has 0 N–H and O–H groups in total. The maximum atomic E-state index is 12.2. The summed E-state index contributed by atoms with van der Waals surface area (Å²) < 4.78 is 29.4. The normalized spacial score (nSPS) is 11.9. The molecule has 2 rings (SSSR count). The van der Waals surface area contributed by atoms with E-state index in [9.17, 15) is 8.42 Å². The highest BCUT2D eigenvalue weighted by Gasteiger charge is 2.19. The van der Waals surface area contributed by atoms with E-state index in [1.165, 1.54) is 23.5 Å². The molecule has 0 amide bonds. The SMILES string of the molecule is Cc1ccc(S(=O)(=O)OC(=CC#N)c2cccs2)cc1. The first-order chi connectivity index (χ1) is 9.53. The standard InChI is InChI=1S/C14H11NO3S2/c1-11-4-6-12(7-5-11)20(16,17)18-13(8-9-15)14-3-2-10-19-14/h2-8,10H,1H3. The van der Waals surface area contributed by atoms with E-state index in [2.05, 4.69) is 0 Å². The van der Waals surface area contributed by atoms with Crippen LogP contribution < -0.4 is 0 Å². The highest BCUT2D eigenvalue weighted by Crippen LogP contribution is 2.26. The van der Waals surface area contributed by atoms with Gasteiger partial charge in [-0.3, -0.25) is 0 Å². The molecular weight excluding hydrogens is 294 g/mol. The zero-order chi connectivity index (χ0) is 14.6. The summed E-state index contributed by atoms with van der Waals surface area (Å²) in [5, 5.41) is 10.5. The van der Waals surface area contributed by atoms with Gasteiger partial charge in [0, 0.05) is 0 Å². The second kappa shape index (κ2) is 5.90. The first-order valence-corrected chi connectivity index (χ1v) is 7.96. The van der Waals surface area contributed by atoms with E-state index in [0.717, 1.165) is 11.6 Å². The number of nitrogens with zero attached hydrogens (tertiary/aromatic N) is 1. The van der Waals surface area contributed by atoms with Crippen molar-refractivity contribution in [1.29, 1.82) is 5.26 Å². The third-order valence-corrected chi connectivity index (χ3v) is 4.60. The van der Waals surface area contributed by atoms with Crippen LogP contribution in [0.25, 0.3) is 5.76 Å². The van der Waals surface area contributed by atoms with E-state index >= 15 is 0 Å². The molecule has 0 aliphatic heterocycles. The van der Waals surface area contributed by atoms with E-state index in [0.29, 0.717) is 4.88 Å². The van der Waals surface area contributed by atoms with Crippen molar-refractivity contribution in [3.05, 3.63) is 58.3 Å². The van der Waals surface area contributed by atoms with E-state index in [-0.39, 0.29) is 10.7 Å². The zero-order valence-electron chi connectivity index (χ0n) is 10.6. The molecule has 102 valence electrons. The molecule has 4 nitrogen and oxygen atoms in total. The summed E-state index contributed by atoms with van der Waals surface area (Å²) in [5.41, 5.74) is 0.954. The Bertz CT molecular complexity index is 752. The number of benzene rings is 1. The molecule has 20 heavy (non-hydrogen) atoms. The summed E-state index contributed by atoms with van der Waals surface area (Å²) in [6.45, 7) is 1.86. The third-order valence-electron chi connectivity index (χ3n) is 2.47. The Morgan fingerprint density at radius 1 is 1.30 bits per heavy atom. The molecule has 1 aromatic heterocycles. The predicted molar refractivity (Wildman–Crippen MR) is 77.4 cm³/mol. The molecule has 0 saturated heterocycles. The smallest absolute Gasteiger partial charge is 0.339 e. The van der Waals surface area contributed by atoms with E-state index in [1.54, 1.807) is 35.7 Å². The van der Waals surface area contributed by atoms with Crippen molar-refractivity contribution in [3.63, 3.8) is 0 Å². The lowest BCUT2D eigenvalue weighted by Gasteiger charge is -2.08. The van der Waals surface area contributed by atoms with Gasteiger partial charge in [-0.15, -0.1) is 11.3 Å². The van der Waals surface area contributed by atoms with Gasteiger partial charge in [0.15, 0.2) is 5.76 Å². The third kappa shape index (κ3) is 3.26. The number of hydrogen-bond acceptors (Lipinski definition) is 5. The molecule has 6 heteroatoms. The minimum Gasteiger partial charge on any atom is -0.377 e. The molecule has 0 unspecified atom stereocenters. The molecule has 0 radical (unpaired) electrons. The van der Waals surface area contributed by atoms with Crippen LogP contribution in [0.3, 0.4) is 0 Å². The van der Waals surface area contributed by atoms with Crippen LogP contribution in [0.2, 0.25) is 0 Å². The molecule has 0 atom stereocenters. The lowest BCUT2D eigenvalue weighted by Crippen LogP contribution is -2.05.